The Hall–Kier alpha value is -2.82. The molecule has 2 aliphatic rings. The Morgan fingerprint density at radius 2 is 1.62 bits per heavy atom. The van der Waals surface area contributed by atoms with E-state index in [0.29, 0.717) is 23.1 Å². The van der Waals surface area contributed by atoms with Gasteiger partial charge < -0.3 is 14.6 Å². The van der Waals surface area contributed by atoms with Crippen LogP contribution in [0.4, 0.5) is 0 Å². The number of carbonyl (C=O) groups is 2. The number of ether oxygens (including phenoxy) is 2. The fraction of sp³-hybridized carbons (Fsp3) is 0.263. The summed E-state index contributed by atoms with van der Waals surface area (Å²) >= 11 is 0. The van der Waals surface area contributed by atoms with Crippen LogP contribution in [-0.2, 0) is 15.9 Å². The van der Waals surface area contributed by atoms with Crippen molar-refractivity contribution in [1.82, 2.24) is 0 Å². The van der Waals surface area contributed by atoms with Crippen LogP contribution in [0.1, 0.15) is 40.1 Å². The summed E-state index contributed by atoms with van der Waals surface area (Å²) in [5, 5.41) is 10.1. The van der Waals surface area contributed by atoms with E-state index in [1.165, 1.54) is 12.1 Å². The van der Waals surface area contributed by atoms with Gasteiger partial charge in [0.15, 0.2) is 0 Å². The molecular formula is C19H20O5. The molecule has 1 N–H and O–H groups in total. The third-order valence-corrected chi connectivity index (χ3v) is 3.57. The first-order valence-corrected chi connectivity index (χ1v) is 7.77. The second kappa shape index (κ2) is 7.64. The van der Waals surface area contributed by atoms with Gasteiger partial charge in [-0.1, -0.05) is 6.08 Å². The quantitative estimate of drug-likeness (QED) is 0.648. The van der Waals surface area contributed by atoms with Gasteiger partial charge in [0.05, 0.1) is 24.3 Å². The molecule has 0 aromatic carbocycles. The summed E-state index contributed by atoms with van der Waals surface area (Å²) in [6.45, 7) is 7.54. The summed E-state index contributed by atoms with van der Waals surface area (Å²) in [5.74, 6) is -0.974. The third kappa shape index (κ3) is 3.40. The van der Waals surface area contributed by atoms with E-state index in [9.17, 15) is 14.7 Å². The molecule has 0 fully saturated rings. The number of aromatic hydroxyl groups is 1. The minimum absolute atomic E-state index is 0.0655. The number of rotatable bonds is 6. The lowest BCUT2D eigenvalue weighted by Gasteiger charge is -2.03. The molecule has 5 heteroatoms. The van der Waals surface area contributed by atoms with Crippen LogP contribution < -0.4 is 0 Å². The average molecular weight is 328 g/mol. The van der Waals surface area contributed by atoms with Gasteiger partial charge in [-0.05, 0) is 61.2 Å². The van der Waals surface area contributed by atoms with Crippen LogP contribution >= 0.6 is 0 Å². The number of allylic oxidation sites excluding steroid dienone is 1. The molecule has 0 radical (unpaired) electrons. The maximum absolute atomic E-state index is 12.3. The minimum Gasteiger partial charge on any atom is -0.508 e. The topological polar surface area (TPSA) is 72.8 Å². The van der Waals surface area contributed by atoms with Gasteiger partial charge in [0.1, 0.15) is 5.75 Å². The molecule has 0 amide bonds. The molecule has 0 atom stereocenters. The van der Waals surface area contributed by atoms with Crippen LogP contribution in [0.15, 0.2) is 36.9 Å². The van der Waals surface area contributed by atoms with Gasteiger partial charge in [0, 0.05) is 0 Å². The molecule has 0 bridgehead atoms. The Balaban J connectivity index is 2.69. The first-order chi connectivity index (χ1) is 11.5. The van der Waals surface area contributed by atoms with E-state index in [-0.39, 0.29) is 30.1 Å². The van der Waals surface area contributed by atoms with E-state index in [1.807, 2.05) is 0 Å². The van der Waals surface area contributed by atoms with Crippen molar-refractivity contribution in [3.8, 4) is 16.9 Å². The van der Waals surface area contributed by atoms with Crippen molar-refractivity contribution in [3.63, 3.8) is 0 Å². The van der Waals surface area contributed by atoms with Crippen LogP contribution in [0.5, 0.6) is 5.75 Å². The number of fused-ring (bicyclic) bond motifs is 1. The SMILES string of the molecule is C=CCc1cc2c(C(=O)OCC)cc(C(=O)OCC)c-2ccc1O. The molecule has 0 aliphatic heterocycles. The molecule has 126 valence electrons. The molecule has 0 spiro atoms. The number of hydrogen-bond donors (Lipinski definition) is 1. The van der Waals surface area contributed by atoms with Gasteiger partial charge in [0.2, 0.25) is 0 Å². The Bertz CT molecular complexity index is 748. The molecule has 0 unspecified atom stereocenters. The monoisotopic (exact) mass is 328 g/mol. The van der Waals surface area contributed by atoms with Crippen LogP contribution in [-0.4, -0.2) is 30.3 Å². The molecule has 0 aromatic rings. The van der Waals surface area contributed by atoms with Crippen molar-refractivity contribution in [2.45, 2.75) is 20.3 Å². The fourth-order valence-corrected chi connectivity index (χ4v) is 2.52. The second-order valence-corrected chi connectivity index (χ2v) is 5.12. The molecule has 2 rings (SSSR count). The lowest BCUT2D eigenvalue weighted by atomic mass is 10.1. The molecule has 2 aliphatic carbocycles. The number of carbonyl (C=O) groups excluding carboxylic acids is 2. The smallest absolute Gasteiger partial charge is 0.338 e. The second-order valence-electron chi connectivity index (χ2n) is 5.12. The first-order valence-electron chi connectivity index (χ1n) is 7.77. The zero-order valence-electron chi connectivity index (χ0n) is 13.8. The summed E-state index contributed by atoms with van der Waals surface area (Å²) in [7, 11) is 0. The lowest BCUT2D eigenvalue weighted by Crippen LogP contribution is -2.05. The predicted octanol–water partition coefficient (Wildman–Crippen LogP) is 3.58. The molecule has 0 saturated heterocycles. The van der Waals surface area contributed by atoms with Crippen molar-refractivity contribution in [2.24, 2.45) is 0 Å². The van der Waals surface area contributed by atoms with E-state index < -0.39 is 11.9 Å². The molecule has 0 aromatic heterocycles. The number of hydrogen-bond acceptors (Lipinski definition) is 5. The van der Waals surface area contributed by atoms with Crippen molar-refractivity contribution >= 4 is 11.9 Å². The van der Waals surface area contributed by atoms with Crippen LogP contribution in [0.2, 0.25) is 0 Å². The zero-order valence-corrected chi connectivity index (χ0v) is 13.8. The maximum Gasteiger partial charge on any atom is 0.338 e. The normalized spacial score (nSPS) is 10.4. The molecule has 0 heterocycles. The van der Waals surface area contributed by atoms with Crippen LogP contribution in [0.25, 0.3) is 11.1 Å². The van der Waals surface area contributed by atoms with E-state index in [2.05, 4.69) is 6.58 Å². The van der Waals surface area contributed by atoms with Gasteiger partial charge in [0.25, 0.3) is 0 Å². The molecule has 24 heavy (non-hydrogen) atoms. The standard InChI is InChI=1S/C19H20O5/c1-4-7-12-10-14-13(8-9-17(12)20)15(18(21)23-5-2)11-16(14)19(22)24-6-3/h4,8-11,20H,1,5-7H2,2-3H3. The highest BCUT2D eigenvalue weighted by atomic mass is 16.5. The fourth-order valence-electron chi connectivity index (χ4n) is 2.52. The summed E-state index contributed by atoms with van der Waals surface area (Å²) in [6, 6.07) is 6.27. The highest BCUT2D eigenvalue weighted by molar-refractivity contribution is 6.08. The molecular weight excluding hydrogens is 308 g/mol. The van der Waals surface area contributed by atoms with Gasteiger partial charge >= 0.3 is 11.9 Å². The Morgan fingerprint density at radius 1 is 1.04 bits per heavy atom. The van der Waals surface area contributed by atoms with Crippen molar-refractivity contribution in [3.05, 3.63) is 53.6 Å². The maximum atomic E-state index is 12.3. The Morgan fingerprint density at radius 3 is 2.17 bits per heavy atom. The van der Waals surface area contributed by atoms with Crippen molar-refractivity contribution in [1.29, 1.82) is 0 Å². The van der Waals surface area contributed by atoms with Crippen molar-refractivity contribution in [2.75, 3.05) is 13.2 Å². The summed E-state index contributed by atoms with van der Waals surface area (Å²) in [6.07, 6.45) is 2.08. The van der Waals surface area contributed by atoms with Crippen LogP contribution in [0.3, 0.4) is 0 Å². The average Bonchev–Trinajstić information content (AvgIpc) is 2.83. The predicted molar refractivity (Wildman–Crippen MR) is 90.5 cm³/mol. The van der Waals surface area contributed by atoms with E-state index in [1.54, 1.807) is 32.1 Å². The van der Waals surface area contributed by atoms with Gasteiger partial charge in [-0.2, -0.15) is 0 Å². The number of esters is 2. The first kappa shape index (κ1) is 17.5. The van der Waals surface area contributed by atoms with Gasteiger partial charge in [-0.15, -0.1) is 6.58 Å². The van der Waals surface area contributed by atoms with E-state index >= 15 is 0 Å². The Kier molecular flexibility index (Phi) is 5.58. The highest BCUT2D eigenvalue weighted by Gasteiger charge is 2.26. The highest BCUT2D eigenvalue weighted by Crippen LogP contribution is 2.36. The Labute approximate surface area is 140 Å². The van der Waals surface area contributed by atoms with Crippen molar-refractivity contribution < 1.29 is 24.2 Å². The molecule has 0 saturated carbocycles. The molecule has 5 nitrogen and oxygen atoms in total. The van der Waals surface area contributed by atoms with Gasteiger partial charge in [-0.3, -0.25) is 0 Å². The summed E-state index contributed by atoms with van der Waals surface area (Å²) in [5.41, 5.74) is 2.22. The third-order valence-electron chi connectivity index (χ3n) is 3.57. The summed E-state index contributed by atoms with van der Waals surface area (Å²) < 4.78 is 10.1. The lowest BCUT2D eigenvalue weighted by molar-refractivity contribution is 0.0525. The minimum atomic E-state index is -0.520. The van der Waals surface area contributed by atoms with E-state index in [0.717, 1.165) is 0 Å². The van der Waals surface area contributed by atoms with Gasteiger partial charge in [-0.25, -0.2) is 9.59 Å². The van der Waals surface area contributed by atoms with E-state index in [4.69, 9.17) is 9.47 Å². The summed E-state index contributed by atoms with van der Waals surface area (Å²) in [4.78, 5) is 24.4. The zero-order chi connectivity index (χ0) is 17.7. The van der Waals surface area contributed by atoms with Crippen LogP contribution in [0, 0.1) is 0 Å². The largest absolute Gasteiger partial charge is 0.508 e.